The van der Waals surface area contributed by atoms with Crippen LogP contribution >= 0.6 is 35.4 Å². The Morgan fingerprint density at radius 3 is 2.52 bits per heavy atom. The minimum Gasteiger partial charge on any atom is -0.504 e. The summed E-state index contributed by atoms with van der Waals surface area (Å²) in [5.41, 5.74) is 0.435. The second-order valence-electron chi connectivity index (χ2n) is 4.76. The normalized spacial score (nSPS) is 10.1. The van der Waals surface area contributed by atoms with Crippen LogP contribution in [0.5, 0.6) is 17.2 Å². The molecule has 0 bridgehead atoms. The van der Waals surface area contributed by atoms with Crippen LogP contribution in [0.15, 0.2) is 30.3 Å². The minimum atomic E-state index is -0.496. The lowest BCUT2D eigenvalue weighted by Gasteiger charge is -2.14. The van der Waals surface area contributed by atoms with Gasteiger partial charge in [0, 0.05) is 11.1 Å². The van der Waals surface area contributed by atoms with E-state index < -0.39 is 5.91 Å². The zero-order chi connectivity index (χ0) is 18.6. The number of ether oxygens (including phenoxy) is 2. The molecule has 0 unspecified atom stereocenters. The van der Waals surface area contributed by atoms with Crippen molar-refractivity contribution >= 4 is 52.1 Å². The van der Waals surface area contributed by atoms with Crippen LogP contribution in [-0.2, 0) is 0 Å². The summed E-state index contributed by atoms with van der Waals surface area (Å²) in [4.78, 5) is 12.4. The van der Waals surface area contributed by atoms with Crippen molar-refractivity contribution in [3.05, 3.63) is 45.9 Å². The molecule has 25 heavy (non-hydrogen) atoms. The predicted molar refractivity (Wildman–Crippen MR) is 101 cm³/mol. The van der Waals surface area contributed by atoms with Crippen molar-refractivity contribution < 1.29 is 19.4 Å². The number of methoxy groups -OCH3 is 2. The molecule has 0 aliphatic rings. The molecule has 0 fully saturated rings. The molecule has 0 aromatic heterocycles. The molecule has 2 aromatic carbocycles. The van der Waals surface area contributed by atoms with Gasteiger partial charge in [-0.25, -0.2) is 0 Å². The maximum absolute atomic E-state index is 12.4. The Bertz CT molecular complexity index is 830. The molecule has 0 atom stereocenters. The van der Waals surface area contributed by atoms with Crippen molar-refractivity contribution in [2.45, 2.75) is 0 Å². The lowest BCUT2D eigenvalue weighted by atomic mass is 10.2. The Morgan fingerprint density at radius 2 is 1.88 bits per heavy atom. The molecule has 0 heterocycles. The third kappa shape index (κ3) is 4.66. The van der Waals surface area contributed by atoms with E-state index in [1.807, 2.05) is 0 Å². The first-order chi connectivity index (χ1) is 11.8. The quantitative estimate of drug-likeness (QED) is 0.534. The summed E-state index contributed by atoms with van der Waals surface area (Å²) < 4.78 is 10.3. The van der Waals surface area contributed by atoms with E-state index >= 15 is 0 Å². The number of phenols is 1. The van der Waals surface area contributed by atoms with Crippen LogP contribution < -0.4 is 20.1 Å². The summed E-state index contributed by atoms with van der Waals surface area (Å²) in [6, 6.07) is 7.55. The molecule has 1 amide bonds. The van der Waals surface area contributed by atoms with Crippen molar-refractivity contribution in [2.75, 3.05) is 19.5 Å². The molecule has 9 heteroatoms. The van der Waals surface area contributed by atoms with Crippen LogP contribution in [0.25, 0.3) is 0 Å². The zero-order valence-corrected chi connectivity index (χ0v) is 15.6. The number of nitrogens with one attached hydrogen (secondary N) is 2. The molecule has 2 aromatic rings. The van der Waals surface area contributed by atoms with Crippen molar-refractivity contribution in [3.63, 3.8) is 0 Å². The molecule has 0 saturated heterocycles. The van der Waals surface area contributed by atoms with E-state index in [0.29, 0.717) is 16.5 Å². The molecular formula is C16H14Cl2N2O4S. The Kier molecular flexibility index (Phi) is 6.30. The minimum absolute atomic E-state index is 0.0449. The fourth-order valence-electron chi connectivity index (χ4n) is 1.97. The molecule has 0 aliphatic heterocycles. The molecular weight excluding hydrogens is 387 g/mol. The number of amides is 1. The number of carbonyl (C=O) groups excluding carboxylic acids is 1. The second-order valence-corrected chi connectivity index (χ2v) is 6.01. The maximum atomic E-state index is 12.4. The summed E-state index contributed by atoms with van der Waals surface area (Å²) in [5, 5.41) is 15.4. The number of halogens is 2. The van der Waals surface area contributed by atoms with E-state index in [1.165, 1.54) is 26.4 Å². The Morgan fingerprint density at radius 1 is 1.16 bits per heavy atom. The van der Waals surface area contributed by atoms with E-state index in [2.05, 4.69) is 10.6 Å². The van der Waals surface area contributed by atoms with E-state index in [-0.39, 0.29) is 27.1 Å². The van der Waals surface area contributed by atoms with Gasteiger partial charge in [-0.2, -0.15) is 0 Å². The van der Waals surface area contributed by atoms with Gasteiger partial charge in [-0.15, -0.1) is 0 Å². The van der Waals surface area contributed by atoms with Gasteiger partial charge in [-0.3, -0.25) is 10.1 Å². The highest BCUT2D eigenvalue weighted by atomic mass is 35.5. The largest absolute Gasteiger partial charge is 0.504 e. The number of rotatable bonds is 4. The highest BCUT2D eigenvalue weighted by molar-refractivity contribution is 7.80. The fraction of sp³-hybridized carbons (Fsp3) is 0.125. The number of hydrogen-bond acceptors (Lipinski definition) is 5. The average molecular weight is 401 g/mol. The molecule has 6 nitrogen and oxygen atoms in total. The first-order valence-corrected chi connectivity index (χ1v) is 8.04. The molecule has 0 saturated carbocycles. The Balaban J connectivity index is 2.15. The molecule has 0 aliphatic carbocycles. The standard InChI is InChI=1S/C16H14Cl2N2O4S/c1-23-9-3-4-10(13(7-9)24-2)15(22)20-16(25)19-12-6-8(17)5-11(18)14(12)21/h3-7,21H,1-2H3,(H2,19,20,22,25). The number of anilines is 1. The first kappa shape index (κ1) is 19.1. The van der Waals surface area contributed by atoms with Crippen LogP contribution in [0.2, 0.25) is 10.0 Å². The lowest BCUT2D eigenvalue weighted by molar-refractivity contribution is 0.0974. The van der Waals surface area contributed by atoms with Crippen molar-refractivity contribution in [1.82, 2.24) is 5.32 Å². The Hall–Kier alpha value is -2.22. The lowest BCUT2D eigenvalue weighted by Crippen LogP contribution is -2.34. The van der Waals surface area contributed by atoms with Gasteiger partial charge in [0.25, 0.3) is 5.91 Å². The monoisotopic (exact) mass is 400 g/mol. The van der Waals surface area contributed by atoms with Gasteiger partial charge < -0.3 is 19.9 Å². The molecule has 0 spiro atoms. The number of aromatic hydroxyl groups is 1. The summed E-state index contributed by atoms with van der Waals surface area (Å²) >= 11 is 16.8. The molecule has 3 N–H and O–H groups in total. The third-order valence-corrected chi connectivity index (χ3v) is 3.87. The summed E-state index contributed by atoms with van der Waals surface area (Å²) in [5.74, 6) is 0.148. The van der Waals surface area contributed by atoms with Crippen LogP contribution in [0, 0.1) is 0 Å². The van der Waals surface area contributed by atoms with Gasteiger partial charge in [0.05, 0.1) is 30.5 Å². The van der Waals surface area contributed by atoms with Crippen molar-refractivity contribution in [1.29, 1.82) is 0 Å². The highest BCUT2D eigenvalue weighted by Crippen LogP contribution is 2.35. The number of hydrogen-bond donors (Lipinski definition) is 3. The molecule has 132 valence electrons. The highest BCUT2D eigenvalue weighted by Gasteiger charge is 2.16. The second kappa shape index (κ2) is 8.24. The smallest absolute Gasteiger partial charge is 0.261 e. The van der Waals surface area contributed by atoms with Crippen LogP contribution in [0.1, 0.15) is 10.4 Å². The van der Waals surface area contributed by atoms with Crippen molar-refractivity contribution in [2.24, 2.45) is 0 Å². The van der Waals surface area contributed by atoms with E-state index in [9.17, 15) is 9.90 Å². The summed E-state index contributed by atoms with van der Waals surface area (Å²) in [6.45, 7) is 0. The van der Waals surface area contributed by atoms with Crippen LogP contribution in [-0.4, -0.2) is 30.3 Å². The topological polar surface area (TPSA) is 79.8 Å². The number of carbonyl (C=O) groups is 1. The summed E-state index contributed by atoms with van der Waals surface area (Å²) in [7, 11) is 2.95. The third-order valence-electron chi connectivity index (χ3n) is 3.16. The van der Waals surface area contributed by atoms with Gasteiger partial charge in [0.15, 0.2) is 10.9 Å². The first-order valence-electron chi connectivity index (χ1n) is 6.88. The molecule has 2 rings (SSSR count). The Labute approximate surface area is 159 Å². The summed E-state index contributed by atoms with van der Waals surface area (Å²) in [6.07, 6.45) is 0. The predicted octanol–water partition coefficient (Wildman–Crippen LogP) is 3.84. The van der Waals surface area contributed by atoms with Crippen LogP contribution in [0.4, 0.5) is 5.69 Å². The number of phenolic OH excluding ortho intramolecular Hbond substituents is 1. The molecule has 0 radical (unpaired) electrons. The number of thiocarbonyl (C=S) groups is 1. The van der Waals surface area contributed by atoms with Crippen molar-refractivity contribution in [3.8, 4) is 17.2 Å². The van der Waals surface area contributed by atoms with E-state index in [1.54, 1.807) is 18.2 Å². The zero-order valence-electron chi connectivity index (χ0n) is 13.2. The van der Waals surface area contributed by atoms with E-state index in [0.717, 1.165) is 0 Å². The van der Waals surface area contributed by atoms with Gasteiger partial charge in [-0.05, 0) is 36.5 Å². The fourth-order valence-corrected chi connectivity index (χ4v) is 2.67. The van der Waals surface area contributed by atoms with E-state index in [4.69, 9.17) is 44.9 Å². The number of benzene rings is 2. The van der Waals surface area contributed by atoms with Crippen LogP contribution in [0.3, 0.4) is 0 Å². The average Bonchev–Trinajstić information content (AvgIpc) is 2.58. The van der Waals surface area contributed by atoms with Gasteiger partial charge >= 0.3 is 0 Å². The maximum Gasteiger partial charge on any atom is 0.261 e. The van der Waals surface area contributed by atoms with Gasteiger partial charge in [0.1, 0.15) is 11.5 Å². The SMILES string of the molecule is COc1ccc(C(=O)NC(=S)Nc2cc(Cl)cc(Cl)c2O)c(OC)c1. The van der Waals surface area contributed by atoms with Gasteiger partial charge in [-0.1, -0.05) is 23.2 Å². The van der Waals surface area contributed by atoms with Gasteiger partial charge in [0.2, 0.25) is 0 Å².